The van der Waals surface area contributed by atoms with E-state index in [1.54, 1.807) is 23.5 Å². The maximum absolute atomic E-state index is 11.5. The number of hydrogen-bond donors (Lipinski definition) is 0. The molecule has 1 heterocycles. The Labute approximate surface area is 111 Å². The zero-order valence-corrected chi connectivity index (χ0v) is 12.3. The Morgan fingerprint density at radius 1 is 1.50 bits per heavy atom. The number of nitrogens with zero attached hydrogens (tertiary/aromatic N) is 4. The van der Waals surface area contributed by atoms with Gasteiger partial charge in [0.15, 0.2) is 5.82 Å². The van der Waals surface area contributed by atoms with Gasteiger partial charge in [-0.25, -0.2) is 4.68 Å². The summed E-state index contributed by atoms with van der Waals surface area (Å²) < 4.78 is 6.88. The molecule has 1 unspecified atom stereocenters. The van der Waals surface area contributed by atoms with Crippen LogP contribution in [0.15, 0.2) is 0 Å². The third kappa shape index (κ3) is 5.03. The van der Waals surface area contributed by atoms with E-state index in [1.165, 1.54) is 0 Å². The van der Waals surface area contributed by atoms with Crippen LogP contribution in [0.3, 0.4) is 0 Å². The Kier molecular flexibility index (Phi) is 5.13. The van der Waals surface area contributed by atoms with Crippen LogP contribution in [-0.2, 0) is 16.6 Å². The number of rotatable bonds is 5. The van der Waals surface area contributed by atoms with E-state index >= 15 is 0 Å². The van der Waals surface area contributed by atoms with Crippen LogP contribution in [0.1, 0.15) is 45.2 Å². The van der Waals surface area contributed by atoms with Gasteiger partial charge in [-0.05, 0) is 38.1 Å². The Morgan fingerprint density at radius 2 is 2.17 bits per heavy atom. The van der Waals surface area contributed by atoms with Gasteiger partial charge in [-0.1, -0.05) is 0 Å². The highest BCUT2D eigenvalue weighted by atomic mass is 32.2. The van der Waals surface area contributed by atoms with Gasteiger partial charge in [0.25, 0.3) is 0 Å². The monoisotopic (exact) mass is 272 g/mol. The maximum atomic E-state index is 11.5. The number of carbonyl (C=O) groups is 1. The summed E-state index contributed by atoms with van der Waals surface area (Å²) in [5.41, 5.74) is -0.416. The quantitative estimate of drug-likeness (QED) is 0.760. The van der Waals surface area contributed by atoms with Crippen molar-refractivity contribution in [3.8, 4) is 0 Å². The van der Waals surface area contributed by atoms with Gasteiger partial charge in [0.1, 0.15) is 5.60 Å². The molecule has 18 heavy (non-hydrogen) atoms. The number of carbonyl (C=O) groups excluding carboxylic acids is 1. The van der Waals surface area contributed by atoms with Crippen molar-refractivity contribution in [2.24, 2.45) is 7.05 Å². The van der Waals surface area contributed by atoms with Crippen LogP contribution in [0.2, 0.25) is 0 Å². The van der Waals surface area contributed by atoms with Crippen LogP contribution >= 0.6 is 11.8 Å². The SMILES string of the molecule is CC(SCCC(=O)OC(C)(C)C)c1nnnn1C. The second-order valence-electron chi connectivity index (χ2n) is 5.01. The molecule has 6 nitrogen and oxygen atoms in total. The second-order valence-corrected chi connectivity index (χ2v) is 6.46. The van der Waals surface area contributed by atoms with Gasteiger partial charge in [-0.2, -0.15) is 11.8 Å². The molecule has 1 aromatic rings. The first kappa shape index (κ1) is 14.9. The Morgan fingerprint density at radius 3 is 2.67 bits per heavy atom. The number of esters is 1. The van der Waals surface area contributed by atoms with E-state index in [0.29, 0.717) is 12.2 Å². The highest BCUT2D eigenvalue weighted by Crippen LogP contribution is 2.26. The highest BCUT2D eigenvalue weighted by molar-refractivity contribution is 7.99. The number of aromatic nitrogens is 4. The average molecular weight is 272 g/mol. The summed E-state index contributed by atoms with van der Waals surface area (Å²) in [6, 6.07) is 0. The third-order valence-electron chi connectivity index (χ3n) is 2.11. The van der Waals surface area contributed by atoms with Gasteiger partial charge < -0.3 is 4.74 Å². The summed E-state index contributed by atoms with van der Waals surface area (Å²) in [5, 5.41) is 11.5. The number of ether oxygens (including phenoxy) is 1. The molecule has 0 aliphatic carbocycles. The maximum Gasteiger partial charge on any atom is 0.307 e. The minimum atomic E-state index is -0.416. The number of tetrazole rings is 1. The van der Waals surface area contributed by atoms with Gasteiger partial charge in [0.05, 0.1) is 11.7 Å². The van der Waals surface area contributed by atoms with Gasteiger partial charge in [-0.15, -0.1) is 5.10 Å². The zero-order valence-electron chi connectivity index (χ0n) is 11.5. The summed E-state index contributed by atoms with van der Waals surface area (Å²) in [4.78, 5) is 11.5. The molecular weight excluding hydrogens is 252 g/mol. The largest absolute Gasteiger partial charge is 0.460 e. The average Bonchev–Trinajstić information content (AvgIpc) is 2.61. The molecule has 0 amide bonds. The lowest BCUT2D eigenvalue weighted by atomic mass is 10.2. The van der Waals surface area contributed by atoms with E-state index in [2.05, 4.69) is 15.5 Å². The molecule has 0 aliphatic rings. The third-order valence-corrected chi connectivity index (χ3v) is 3.26. The minimum absolute atomic E-state index is 0.160. The molecule has 0 radical (unpaired) electrons. The molecule has 0 aliphatic heterocycles. The normalized spacial score (nSPS) is 13.4. The molecular formula is C11H20N4O2S. The molecule has 0 saturated carbocycles. The van der Waals surface area contributed by atoms with E-state index in [9.17, 15) is 4.79 Å². The lowest BCUT2D eigenvalue weighted by Crippen LogP contribution is -2.24. The molecule has 7 heteroatoms. The fourth-order valence-corrected chi connectivity index (χ4v) is 2.35. The molecule has 0 saturated heterocycles. The summed E-state index contributed by atoms with van der Waals surface area (Å²) in [5.74, 6) is 1.34. The number of hydrogen-bond acceptors (Lipinski definition) is 6. The molecule has 0 fully saturated rings. The van der Waals surface area contributed by atoms with Gasteiger partial charge in [0, 0.05) is 12.8 Å². The summed E-state index contributed by atoms with van der Waals surface area (Å²) in [6.07, 6.45) is 0.400. The van der Waals surface area contributed by atoms with Gasteiger partial charge in [0.2, 0.25) is 0 Å². The van der Waals surface area contributed by atoms with Crippen molar-refractivity contribution in [2.75, 3.05) is 5.75 Å². The van der Waals surface area contributed by atoms with Crippen LogP contribution < -0.4 is 0 Å². The Hall–Kier alpha value is -1.11. The molecule has 1 rings (SSSR count). The molecule has 1 aromatic heterocycles. The summed E-state index contributed by atoms with van der Waals surface area (Å²) in [7, 11) is 1.81. The first-order valence-corrected chi connectivity index (χ1v) is 6.90. The lowest BCUT2D eigenvalue weighted by Gasteiger charge is -2.19. The topological polar surface area (TPSA) is 69.9 Å². The molecule has 0 spiro atoms. The molecule has 0 aromatic carbocycles. The number of thioether (sulfide) groups is 1. The van der Waals surface area contributed by atoms with Gasteiger partial charge >= 0.3 is 5.97 Å². The van der Waals surface area contributed by atoms with Crippen molar-refractivity contribution in [2.45, 2.75) is 45.0 Å². The highest BCUT2D eigenvalue weighted by Gasteiger charge is 2.17. The fraction of sp³-hybridized carbons (Fsp3) is 0.818. The van der Waals surface area contributed by atoms with Crippen LogP contribution in [0.25, 0.3) is 0 Å². The fourth-order valence-electron chi connectivity index (χ4n) is 1.37. The van der Waals surface area contributed by atoms with E-state index in [1.807, 2.05) is 27.7 Å². The molecule has 0 N–H and O–H groups in total. The van der Waals surface area contributed by atoms with E-state index < -0.39 is 5.60 Å². The van der Waals surface area contributed by atoms with E-state index in [-0.39, 0.29) is 11.2 Å². The second kappa shape index (κ2) is 6.17. The van der Waals surface area contributed by atoms with Crippen molar-refractivity contribution >= 4 is 17.7 Å². The van der Waals surface area contributed by atoms with Crippen molar-refractivity contribution in [1.29, 1.82) is 0 Å². The predicted octanol–water partition coefficient (Wildman–Crippen LogP) is 1.74. The van der Waals surface area contributed by atoms with Crippen LogP contribution in [0, 0.1) is 0 Å². The summed E-state index contributed by atoms with van der Waals surface area (Å²) >= 11 is 1.64. The molecule has 1 atom stereocenters. The Balaban J connectivity index is 2.30. The predicted molar refractivity (Wildman–Crippen MR) is 70.1 cm³/mol. The molecule has 102 valence electrons. The van der Waals surface area contributed by atoms with E-state index in [0.717, 1.165) is 5.82 Å². The van der Waals surface area contributed by atoms with Crippen LogP contribution in [0.5, 0.6) is 0 Å². The Bertz CT molecular complexity index is 400. The van der Waals surface area contributed by atoms with Crippen molar-refractivity contribution in [1.82, 2.24) is 20.2 Å². The first-order valence-electron chi connectivity index (χ1n) is 5.85. The van der Waals surface area contributed by atoms with Crippen molar-refractivity contribution < 1.29 is 9.53 Å². The van der Waals surface area contributed by atoms with Crippen molar-refractivity contribution in [3.05, 3.63) is 5.82 Å². The summed E-state index contributed by atoms with van der Waals surface area (Å²) in [6.45, 7) is 7.62. The number of aryl methyl sites for hydroxylation is 1. The smallest absolute Gasteiger partial charge is 0.307 e. The first-order chi connectivity index (χ1) is 8.29. The van der Waals surface area contributed by atoms with Crippen molar-refractivity contribution in [3.63, 3.8) is 0 Å². The van der Waals surface area contributed by atoms with Gasteiger partial charge in [-0.3, -0.25) is 4.79 Å². The standard InChI is InChI=1S/C11H20N4O2S/c1-8(10-12-13-14-15(10)5)18-7-6-9(16)17-11(2,3)4/h8H,6-7H2,1-5H3. The van der Waals surface area contributed by atoms with E-state index in [4.69, 9.17) is 4.74 Å². The molecule has 0 bridgehead atoms. The van der Waals surface area contributed by atoms with Crippen LogP contribution in [-0.4, -0.2) is 37.5 Å². The lowest BCUT2D eigenvalue weighted by molar-refractivity contribution is -0.154. The minimum Gasteiger partial charge on any atom is -0.460 e. The zero-order chi connectivity index (χ0) is 13.8. The van der Waals surface area contributed by atoms with Crippen LogP contribution in [0.4, 0.5) is 0 Å².